The number of pyridine rings is 1. The number of rotatable bonds is 4. The predicted octanol–water partition coefficient (Wildman–Crippen LogP) is 1.57. The molecule has 2 aliphatic heterocycles. The number of ether oxygens (including phenoxy) is 1. The first-order valence-electron chi connectivity index (χ1n) is 7.74. The molecule has 7 heteroatoms. The molecule has 0 spiro atoms. The highest BCUT2D eigenvalue weighted by Gasteiger charge is 2.50. The Bertz CT molecular complexity index is 590. The average molecular weight is 325 g/mol. The molecule has 2 aliphatic rings. The zero-order valence-electron chi connectivity index (χ0n) is 13.3. The number of methoxy groups -OCH3 is 1. The minimum Gasteiger partial charge on any atom is -0.383 e. The van der Waals surface area contributed by atoms with Gasteiger partial charge in [-0.05, 0) is 18.6 Å². The lowest BCUT2D eigenvalue weighted by Gasteiger charge is -2.45. The fourth-order valence-electron chi connectivity index (χ4n) is 3.39. The number of nitrogens with zero attached hydrogens (tertiary/aromatic N) is 3. The van der Waals surface area contributed by atoms with Crippen LogP contribution in [0.4, 0.5) is 8.78 Å². The van der Waals surface area contributed by atoms with E-state index in [1.807, 2.05) is 13.0 Å². The Morgan fingerprint density at radius 3 is 2.87 bits per heavy atom. The summed E-state index contributed by atoms with van der Waals surface area (Å²) in [7, 11) is 1.52. The smallest absolute Gasteiger partial charge is 0.272 e. The Labute approximate surface area is 134 Å². The molecular formula is C16H21F2N3O2. The molecule has 1 amide bonds. The van der Waals surface area contributed by atoms with Crippen LogP contribution in [0.2, 0.25) is 0 Å². The quantitative estimate of drug-likeness (QED) is 0.843. The van der Waals surface area contributed by atoms with E-state index in [2.05, 4.69) is 4.98 Å². The minimum absolute atomic E-state index is 0.0310. The lowest BCUT2D eigenvalue weighted by atomic mass is 10.0. The molecule has 0 aliphatic carbocycles. The van der Waals surface area contributed by atoms with E-state index in [1.54, 1.807) is 22.1 Å². The van der Waals surface area contributed by atoms with E-state index in [4.69, 9.17) is 4.74 Å². The van der Waals surface area contributed by atoms with Crippen molar-refractivity contribution in [2.45, 2.75) is 31.4 Å². The molecule has 3 heterocycles. The summed E-state index contributed by atoms with van der Waals surface area (Å²) >= 11 is 0. The van der Waals surface area contributed by atoms with Crippen LogP contribution < -0.4 is 0 Å². The highest BCUT2D eigenvalue weighted by atomic mass is 19.3. The molecule has 0 unspecified atom stereocenters. The maximum Gasteiger partial charge on any atom is 0.272 e. The molecular weight excluding hydrogens is 304 g/mol. The number of carbonyl (C=O) groups excluding carboxylic acids is 1. The Morgan fingerprint density at radius 1 is 1.48 bits per heavy atom. The van der Waals surface area contributed by atoms with E-state index >= 15 is 0 Å². The Balaban J connectivity index is 1.62. The van der Waals surface area contributed by atoms with E-state index in [1.165, 1.54) is 7.11 Å². The van der Waals surface area contributed by atoms with Gasteiger partial charge in [0.1, 0.15) is 5.69 Å². The van der Waals surface area contributed by atoms with Crippen LogP contribution in [0.5, 0.6) is 0 Å². The van der Waals surface area contributed by atoms with Crippen molar-refractivity contribution in [3.05, 3.63) is 29.6 Å². The van der Waals surface area contributed by atoms with Gasteiger partial charge in [0, 0.05) is 44.9 Å². The fourth-order valence-corrected chi connectivity index (χ4v) is 3.39. The van der Waals surface area contributed by atoms with Gasteiger partial charge in [-0.15, -0.1) is 0 Å². The first kappa shape index (κ1) is 16.3. The van der Waals surface area contributed by atoms with Gasteiger partial charge in [-0.1, -0.05) is 6.07 Å². The van der Waals surface area contributed by atoms with Gasteiger partial charge in [0.2, 0.25) is 0 Å². The number of aryl methyl sites for hydroxylation is 1. The van der Waals surface area contributed by atoms with Gasteiger partial charge in [0.05, 0.1) is 13.2 Å². The Morgan fingerprint density at radius 2 is 2.22 bits per heavy atom. The highest BCUT2D eigenvalue weighted by Crippen LogP contribution is 2.35. The van der Waals surface area contributed by atoms with Gasteiger partial charge in [-0.25, -0.2) is 8.78 Å². The maximum atomic E-state index is 13.7. The van der Waals surface area contributed by atoms with Crippen LogP contribution in [-0.2, 0) is 4.74 Å². The third kappa shape index (κ3) is 3.21. The maximum absolute atomic E-state index is 13.7. The van der Waals surface area contributed by atoms with Gasteiger partial charge in [0.25, 0.3) is 11.8 Å². The van der Waals surface area contributed by atoms with Gasteiger partial charge < -0.3 is 9.64 Å². The number of halogens is 2. The first-order chi connectivity index (χ1) is 10.9. The Kier molecular flexibility index (Phi) is 4.33. The van der Waals surface area contributed by atoms with Crippen LogP contribution in [0, 0.1) is 6.92 Å². The van der Waals surface area contributed by atoms with Gasteiger partial charge in [-0.3, -0.25) is 14.7 Å². The second kappa shape index (κ2) is 6.13. The van der Waals surface area contributed by atoms with Crippen LogP contribution in [0.25, 0.3) is 0 Å². The van der Waals surface area contributed by atoms with Crippen molar-refractivity contribution in [2.75, 3.05) is 33.4 Å². The third-order valence-electron chi connectivity index (χ3n) is 4.61. The van der Waals surface area contributed by atoms with Crippen LogP contribution in [0.3, 0.4) is 0 Å². The van der Waals surface area contributed by atoms with Crippen molar-refractivity contribution in [3.63, 3.8) is 0 Å². The zero-order valence-corrected chi connectivity index (χ0v) is 13.3. The van der Waals surface area contributed by atoms with Crippen LogP contribution in [0.1, 0.15) is 22.5 Å². The first-order valence-corrected chi connectivity index (χ1v) is 7.74. The molecule has 0 bridgehead atoms. The topological polar surface area (TPSA) is 45.7 Å². The second-order valence-electron chi connectivity index (χ2n) is 6.37. The molecule has 3 rings (SSSR count). The number of alkyl halides is 2. The van der Waals surface area contributed by atoms with Crippen molar-refractivity contribution in [1.82, 2.24) is 14.8 Å². The van der Waals surface area contributed by atoms with Crippen molar-refractivity contribution >= 4 is 5.91 Å². The van der Waals surface area contributed by atoms with Crippen molar-refractivity contribution in [2.24, 2.45) is 0 Å². The fraction of sp³-hybridized carbons (Fsp3) is 0.625. The molecule has 126 valence electrons. The normalized spacial score (nSPS) is 24.7. The van der Waals surface area contributed by atoms with Crippen LogP contribution in [-0.4, -0.2) is 72.0 Å². The molecule has 1 aromatic heterocycles. The summed E-state index contributed by atoms with van der Waals surface area (Å²) in [5.41, 5.74) is 1.26. The molecule has 1 aromatic rings. The molecule has 23 heavy (non-hydrogen) atoms. The van der Waals surface area contributed by atoms with Crippen molar-refractivity contribution < 1.29 is 18.3 Å². The lowest BCUT2D eigenvalue weighted by Crippen LogP contribution is -2.62. The molecule has 0 N–H and O–H groups in total. The van der Waals surface area contributed by atoms with Gasteiger partial charge >= 0.3 is 0 Å². The number of hydrogen-bond donors (Lipinski definition) is 0. The molecule has 5 nitrogen and oxygen atoms in total. The summed E-state index contributed by atoms with van der Waals surface area (Å²) in [5, 5.41) is 0. The predicted molar refractivity (Wildman–Crippen MR) is 80.6 cm³/mol. The Hall–Kier alpha value is -1.60. The zero-order chi connectivity index (χ0) is 16.6. The SMILES string of the molecule is COC[C@@H]1CC(F)(F)CN1C1CN(C(=O)c2ncccc2C)C1. The summed E-state index contributed by atoms with van der Waals surface area (Å²) in [4.78, 5) is 20.0. The minimum atomic E-state index is -2.68. The molecule has 1 atom stereocenters. The second-order valence-corrected chi connectivity index (χ2v) is 6.37. The van der Waals surface area contributed by atoms with Crippen LogP contribution in [0.15, 0.2) is 18.3 Å². The van der Waals surface area contributed by atoms with E-state index in [9.17, 15) is 13.6 Å². The summed E-state index contributed by atoms with van der Waals surface area (Å²) < 4.78 is 32.4. The summed E-state index contributed by atoms with van der Waals surface area (Å²) in [6.45, 7) is 2.80. The molecule has 0 aromatic carbocycles. The number of aromatic nitrogens is 1. The van der Waals surface area contributed by atoms with Crippen molar-refractivity contribution in [1.29, 1.82) is 0 Å². The number of hydrogen-bond acceptors (Lipinski definition) is 4. The largest absolute Gasteiger partial charge is 0.383 e. The molecule has 2 saturated heterocycles. The third-order valence-corrected chi connectivity index (χ3v) is 4.61. The lowest BCUT2D eigenvalue weighted by molar-refractivity contribution is -0.0138. The highest BCUT2D eigenvalue weighted by molar-refractivity contribution is 5.94. The van der Waals surface area contributed by atoms with E-state index in [-0.39, 0.29) is 31.0 Å². The average Bonchev–Trinajstić information content (AvgIpc) is 2.73. The van der Waals surface area contributed by atoms with Gasteiger partial charge in [0.15, 0.2) is 0 Å². The number of likely N-dealkylation sites (tertiary alicyclic amines) is 2. The number of carbonyl (C=O) groups is 1. The summed E-state index contributed by atoms with van der Waals surface area (Å²) in [6, 6.07) is 3.31. The van der Waals surface area contributed by atoms with E-state index in [0.717, 1.165) is 5.56 Å². The number of amides is 1. The monoisotopic (exact) mass is 325 g/mol. The molecule has 0 radical (unpaired) electrons. The van der Waals surface area contributed by atoms with E-state index in [0.29, 0.717) is 25.4 Å². The molecule has 0 saturated carbocycles. The van der Waals surface area contributed by atoms with Crippen LogP contribution >= 0.6 is 0 Å². The summed E-state index contributed by atoms with van der Waals surface area (Å²) in [6.07, 6.45) is 1.41. The van der Waals surface area contributed by atoms with Gasteiger partial charge in [-0.2, -0.15) is 0 Å². The summed E-state index contributed by atoms with van der Waals surface area (Å²) in [5.74, 6) is -2.81. The molecule has 2 fully saturated rings. The van der Waals surface area contributed by atoms with Crippen molar-refractivity contribution in [3.8, 4) is 0 Å². The standard InChI is InChI=1S/C16H21F2N3O2/c1-11-4-3-5-19-14(11)15(22)20-7-13(8-20)21-10-16(17,18)6-12(21)9-23-2/h3-5,12-13H,6-10H2,1-2H3/t12-/m0/s1. The van der Waals surface area contributed by atoms with E-state index < -0.39 is 5.92 Å².